The number of phenols is 1. The van der Waals surface area contributed by atoms with Gasteiger partial charge in [0.25, 0.3) is 0 Å². The van der Waals surface area contributed by atoms with E-state index in [4.69, 9.17) is 4.74 Å². The van der Waals surface area contributed by atoms with Crippen LogP contribution in [0.25, 0.3) is 32.9 Å². The van der Waals surface area contributed by atoms with Crippen LogP contribution in [0.15, 0.2) is 36.5 Å². The molecule has 0 unspecified atom stereocenters. The van der Waals surface area contributed by atoms with Crippen LogP contribution in [0.1, 0.15) is 38.2 Å². The number of halogens is 2. The number of aliphatic hydroxyl groups is 2. The normalized spacial score (nSPS) is 26.0. The summed E-state index contributed by atoms with van der Waals surface area (Å²) in [7, 11) is 0. The first-order valence-electron chi connectivity index (χ1n) is 15.0. The van der Waals surface area contributed by atoms with Gasteiger partial charge in [-0.15, -0.1) is 0 Å². The number of rotatable bonds is 6. The second-order valence-electron chi connectivity index (χ2n) is 12.1. The van der Waals surface area contributed by atoms with Gasteiger partial charge in [0.05, 0.1) is 23.1 Å². The van der Waals surface area contributed by atoms with Crippen molar-refractivity contribution in [2.24, 2.45) is 0 Å². The monoisotopic (exact) mass is 591 g/mol. The second kappa shape index (κ2) is 10.8. The van der Waals surface area contributed by atoms with E-state index >= 15 is 4.39 Å². The maximum absolute atomic E-state index is 16.7. The third-order valence-electron chi connectivity index (χ3n) is 9.40. The maximum Gasteiger partial charge on any atom is 0.319 e. The lowest BCUT2D eigenvalue weighted by Gasteiger charge is -2.35. The molecule has 0 amide bonds. The van der Waals surface area contributed by atoms with Crippen LogP contribution in [-0.2, 0) is 6.42 Å². The van der Waals surface area contributed by atoms with E-state index in [9.17, 15) is 19.7 Å². The highest BCUT2D eigenvalue weighted by atomic mass is 19.1. The number of hydrogen-bond donors (Lipinski definition) is 3. The lowest BCUT2D eigenvalue weighted by atomic mass is 9.95. The average molecular weight is 592 g/mol. The molecule has 0 spiro atoms. The van der Waals surface area contributed by atoms with E-state index in [0.29, 0.717) is 49.1 Å². The van der Waals surface area contributed by atoms with Gasteiger partial charge < -0.3 is 25.0 Å². The van der Waals surface area contributed by atoms with Crippen LogP contribution in [0.2, 0.25) is 0 Å². The summed E-state index contributed by atoms with van der Waals surface area (Å²) in [6, 6.07) is 8.87. The highest BCUT2D eigenvalue weighted by Gasteiger charge is 2.49. The molecule has 2 aromatic carbocycles. The minimum atomic E-state index is -1.00. The molecule has 9 nitrogen and oxygen atoms in total. The van der Waals surface area contributed by atoms with Crippen LogP contribution in [0.3, 0.4) is 0 Å². The number of nitrogens with zero attached hydrogens (tertiary/aromatic N) is 5. The van der Waals surface area contributed by atoms with Gasteiger partial charge in [0.15, 0.2) is 5.82 Å². The number of β-amino-alcohol motifs (C(OH)–C–C–N with tert-alkyl or cyclic N) is 1. The molecule has 3 N–H and O–H groups in total. The van der Waals surface area contributed by atoms with Gasteiger partial charge in [-0.05, 0) is 60.7 Å². The van der Waals surface area contributed by atoms with Gasteiger partial charge in [-0.25, -0.2) is 8.78 Å². The minimum Gasteiger partial charge on any atom is -0.508 e. The zero-order valence-electron chi connectivity index (χ0n) is 24.0. The van der Waals surface area contributed by atoms with E-state index in [-0.39, 0.29) is 36.1 Å². The molecule has 5 heterocycles. The lowest BCUT2D eigenvalue weighted by Crippen LogP contribution is -2.47. The Labute approximate surface area is 247 Å². The van der Waals surface area contributed by atoms with Crippen molar-refractivity contribution in [1.29, 1.82) is 0 Å². The molecule has 3 saturated heterocycles. The summed E-state index contributed by atoms with van der Waals surface area (Å²) in [5.74, 6) is -0.352. The van der Waals surface area contributed by atoms with Crippen LogP contribution < -0.4 is 9.64 Å². The summed E-state index contributed by atoms with van der Waals surface area (Å²) in [5, 5.41) is 33.0. The third kappa shape index (κ3) is 4.83. The second-order valence-corrected chi connectivity index (χ2v) is 12.1. The smallest absolute Gasteiger partial charge is 0.319 e. The van der Waals surface area contributed by atoms with Gasteiger partial charge in [0, 0.05) is 37.8 Å². The number of anilines is 1. The summed E-state index contributed by atoms with van der Waals surface area (Å²) in [6.07, 6.45) is 1.86. The molecule has 43 heavy (non-hydrogen) atoms. The first-order chi connectivity index (χ1) is 20.8. The predicted molar refractivity (Wildman–Crippen MR) is 159 cm³/mol. The topological polar surface area (TPSA) is 115 Å². The van der Waals surface area contributed by atoms with E-state index in [1.807, 2.05) is 25.1 Å². The van der Waals surface area contributed by atoms with Crippen molar-refractivity contribution < 1.29 is 28.8 Å². The van der Waals surface area contributed by atoms with E-state index in [1.54, 1.807) is 11.0 Å². The molecule has 3 fully saturated rings. The van der Waals surface area contributed by atoms with Gasteiger partial charge >= 0.3 is 6.01 Å². The SMILES string of the molecule is CCc1cccc2cc(O)cc(-c3ncc4c(N5CC[C@@H](O)[C@@H](O)C5)nc(OC[C@@]56CCCN5C[C@H](F)C6)nc4c3F)c12. The Morgan fingerprint density at radius 3 is 2.79 bits per heavy atom. The van der Waals surface area contributed by atoms with Crippen molar-refractivity contribution in [3.05, 3.63) is 47.9 Å². The molecule has 11 heteroatoms. The number of alkyl halides is 1. The number of aromatic nitrogens is 3. The Bertz CT molecular complexity index is 1710. The van der Waals surface area contributed by atoms with Crippen LogP contribution in [-0.4, -0.2) is 91.9 Å². The minimum absolute atomic E-state index is 0.00610. The number of aryl methyl sites for hydroxylation is 1. The van der Waals surface area contributed by atoms with E-state index in [1.165, 1.54) is 12.3 Å². The van der Waals surface area contributed by atoms with Crippen molar-refractivity contribution in [2.45, 2.75) is 62.9 Å². The standard InChI is InChI=1S/C32H35F2N5O4/c1-2-18-5-3-6-19-11-21(40)12-22(26(18)19)28-27(34)29-23(14-35-28)30(38-10-7-24(41)25(42)16-38)37-31(36-29)43-17-32-8-4-9-39(32)15-20(33)13-32/h3,5-6,11-12,14,20,24-25,40-42H,2,4,7-10,13,15-17H2,1H3/t20-,24-,25+,32+/m1/s1. The van der Waals surface area contributed by atoms with Gasteiger partial charge in [-0.3, -0.25) is 9.88 Å². The van der Waals surface area contributed by atoms with Crippen molar-refractivity contribution in [3.63, 3.8) is 0 Å². The van der Waals surface area contributed by atoms with Crippen molar-refractivity contribution in [3.8, 4) is 23.0 Å². The number of hydrogen-bond acceptors (Lipinski definition) is 9. The van der Waals surface area contributed by atoms with Crippen LogP contribution in [0.4, 0.5) is 14.6 Å². The van der Waals surface area contributed by atoms with E-state index in [2.05, 4.69) is 19.9 Å². The predicted octanol–water partition coefficient (Wildman–Crippen LogP) is 4.14. The summed E-state index contributed by atoms with van der Waals surface area (Å²) in [4.78, 5) is 17.6. The molecule has 7 rings (SSSR count). The molecule has 0 bridgehead atoms. The largest absolute Gasteiger partial charge is 0.508 e. The Balaban J connectivity index is 1.36. The highest BCUT2D eigenvalue weighted by molar-refractivity contribution is 6.01. The summed E-state index contributed by atoms with van der Waals surface area (Å²) in [6.45, 7) is 3.85. The van der Waals surface area contributed by atoms with Gasteiger partial charge in [-0.2, -0.15) is 9.97 Å². The van der Waals surface area contributed by atoms with Crippen LogP contribution >= 0.6 is 0 Å². The number of ether oxygens (including phenoxy) is 1. The maximum atomic E-state index is 16.7. The fraction of sp³-hybridized carbons (Fsp3) is 0.469. The molecule has 0 aliphatic carbocycles. The molecule has 3 aliphatic rings. The van der Waals surface area contributed by atoms with Gasteiger partial charge in [-0.1, -0.05) is 25.1 Å². The zero-order chi connectivity index (χ0) is 29.9. The van der Waals surface area contributed by atoms with E-state index < -0.39 is 29.7 Å². The molecule has 4 atom stereocenters. The fourth-order valence-corrected chi connectivity index (χ4v) is 7.25. The quantitative estimate of drug-likeness (QED) is 0.304. The van der Waals surface area contributed by atoms with Crippen molar-refractivity contribution in [1.82, 2.24) is 19.9 Å². The first kappa shape index (κ1) is 28.1. The number of aliphatic hydroxyl groups excluding tert-OH is 2. The van der Waals surface area contributed by atoms with Crippen molar-refractivity contribution in [2.75, 3.05) is 37.7 Å². The fourth-order valence-electron chi connectivity index (χ4n) is 7.25. The number of benzene rings is 2. The summed E-state index contributed by atoms with van der Waals surface area (Å²) >= 11 is 0. The molecule has 0 saturated carbocycles. The Morgan fingerprint density at radius 2 is 1.98 bits per heavy atom. The Hall–Kier alpha value is -3.67. The Kier molecular flexibility index (Phi) is 7.06. The Morgan fingerprint density at radius 1 is 1.12 bits per heavy atom. The number of aromatic hydroxyl groups is 1. The average Bonchev–Trinajstić information content (AvgIpc) is 3.52. The van der Waals surface area contributed by atoms with Crippen LogP contribution in [0, 0.1) is 5.82 Å². The molecular formula is C32H35F2N5O4. The zero-order valence-corrected chi connectivity index (χ0v) is 24.0. The molecule has 2 aromatic heterocycles. The van der Waals surface area contributed by atoms with Gasteiger partial charge in [0.1, 0.15) is 35.6 Å². The number of piperidine rings is 1. The van der Waals surface area contributed by atoms with Gasteiger partial charge in [0.2, 0.25) is 0 Å². The number of pyridine rings is 1. The third-order valence-corrected chi connectivity index (χ3v) is 9.40. The highest BCUT2D eigenvalue weighted by Crippen LogP contribution is 2.41. The summed E-state index contributed by atoms with van der Waals surface area (Å²) in [5.41, 5.74) is 1.03. The van der Waals surface area contributed by atoms with Crippen molar-refractivity contribution >= 4 is 27.5 Å². The number of phenolic OH excluding ortho intramolecular Hbond substituents is 1. The molecule has 4 aromatic rings. The number of fused-ring (bicyclic) bond motifs is 3. The molecule has 3 aliphatic heterocycles. The molecule has 0 radical (unpaired) electrons. The lowest BCUT2D eigenvalue weighted by molar-refractivity contribution is 0.00788. The summed E-state index contributed by atoms with van der Waals surface area (Å²) < 4.78 is 37.2. The van der Waals surface area contributed by atoms with Crippen LogP contribution in [0.5, 0.6) is 11.8 Å². The molecular weight excluding hydrogens is 556 g/mol. The van der Waals surface area contributed by atoms with E-state index in [0.717, 1.165) is 35.7 Å². The molecule has 226 valence electrons. The first-order valence-corrected chi connectivity index (χ1v) is 15.0.